The maximum absolute atomic E-state index is 5.56. The molecule has 0 aromatic carbocycles. The Kier molecular flexibility index (Phi) is 4.71. The van der Waals surface area contributed by atoms with Gasteiger partial charge in [-0.2, -0.15) is 4.98 Å². The Bertz CT molecular complexity index is 286. The van der Waals surface area contributed by atoms with Gasteiger partial charge in [0.2, 0.25) is 11.7 Å². The Morgan fingerprint density at radius 1 is 1.47 bits per heavy atom. The maximum atomic E-state index is 5.56. The summed E-state index contributed by atoms with van der Waals surface area (Å²) in [6.45, 7) is 7.25. The van der Waals surface area contributed by atoms with Crippen molar-refractivity contribution in [2.45, 2.75) is 33.3 Å². The summed E-state index contributed by atoms with van der Waals surface area (Å²) in [6.07, 6.45) is 0.523. The van der Waals surface area contributed by atoms with Crippen molar-refractivity contribution in [3.8, 4) is 0 Å². The minimum atomic E-state index is -0.0923. The lowest BCUT2D eigenvalue weighted by atomic mass is 10.1. The first-order chi connectivity index (χ1) is 7.19. The molecule has 0 fully saturated rings. The zero-order valence-corrected chi connectivity index (χ0v) is 9.56. The average Bonchev–Trinajstić information content (AvgIpc) is 2.62. The van der Waals surface area contributed by atoms with Crippen LogP contribution in [0, 0.1) is 5.92 Å². The third-order valence-corrected chi connectivity index (χ3v) is 2.05. The largest absolute Gasteiger partial charge is 0.370 e. The van der Waals surface area contributed by atoms with Crippen molar-refractivity contribution < 1.29 is 9.26 Å². The van der Waals surface area contributed by atoms with Crippen LogP contribution in [0.5, 0.6) is 0 Å². The van der Waals surface area contributed by atoms with Crippen molar-refractivity contribution in [3.05, 3.63) is 11.7 Å². The van der Waals surface area contributed by atoms with Gasteiger partial charge in [0.15, 0.2) is 0 Å². The van der Waals surface area contributed by atoms with E-state index in [1.54, 1.807) is 0 Å². The molecule has 1 aromatic heterocycles. The van der Waals surface area contributed by atoms with Gasteiger partial charge in [0.05, 0.1) is 0 Å². The van der Waals surface area contributed by atoms with Crippen LogP contribution in [0.25, 0.3) is 0 Å². The number of ether oxygens (including phenoxy) is 1. The summed E-state index contributed by atoms with van der Waals surface area (Å²) < 4.78 is 10.6. The number of rotatable bonds is 6. The number of nitrogens with zero attached hydrogens (tertiary/aromatic N) is 2. The summed E-state index contributed by atoms with van der Waals surface area (Å²) in [7, 11) is 0. The molecular weight excluding hydrogens is 194 g/mol. The predicted octanol–water partition coefficient (Wildman–Crippen LogP) is 1.30. The molecule has 1 unspecified atom stereocenters. The Labute approximate surface area is 90.0 Å². The molecule has 0 aliphatic rings. The molecule has 0 aliphatic heterocycles. The smallest absolute Gasteiger partial charge is 0.228 e. The molecule has 1 atom stereocenters. The highest BCUT2D eigenvalue weighted by Crippen LogP contribution is 2.23. The molecule has 0 amide bonds. The van der Waals surface area contributed by atoms with E-state index in [1.807, 2.05) is 6.92 Å². The van der Waals surface area contributed by atoms with E-state index in [0.29, 0.717) is 37.2 Å². The van der Waals surface area contributed by atoms with Crippen LogP contribution in [0.15, 0.2) is 4.52 Å². The third kappa shape index (κ3) is 3.28. The summed E-state index contributed by atoms with van der Waals surface area (Å²) in [5.74, 6) is 1.53. The van der Waals surface area contributed by atoms with E-state index in [-0.39, 0.29) is 6.10 Å². The standard InChI is InChI=1S/C10H19N3O2/c1-4-14-9(7(2)3)10-12-8(5-6-11)15-13-10/h7,9H,4-6,11H2,1-3H3. The zero-order valence-electron chi connectivity index (χ0n) is 9.56. The number of nitrogens with two attached hydrogens (primary N) is 1. The normalized spacial score (nSPS) is 13.4. The van der Waals surface area contributed by atoms with Gasteiger partial charge in [-0.1, -0.05) is 19.0 Å². The average molecular weight is 213 g/mol. The summed E-state index contributed by atoms with van der Waals surface area (Å²) in [5, 5.41) is 3.91. The second-order valence-electron chi connectivity index (χ2n) is 3.70. The van der Waals surface area contributed by atoms with Gasteiger partial charge in [-0.05, 0) is 12.8 Å². The third-order valence-electron chi connectivity index (χ3n) is 2.05. The lowest BCUT2D eigenvalue weighted by molar-refractivity contribution is 0.0217. The Hall–Kier alpha value is -0.940. The molecule has 15 heavy (non-hydrogen) atoms. The van der Waals surface area contributed by atoms with Crippen LogP contribution in [0.1, 0.15) is 38.6 Å². The van der Waals surface area contributed by atoms with E-state index in [9.17, 15) is 0 Å². The molecule has 1 aromatic rings. The van der Waals surface area contributed by atoms with Crippen molar-refractivity contribution in [3.63, 3.8) is 0 Å². The first-order valence-corrected chi connectivity index (χ1v) is 5.33. The highest BCUT2D eigenvalue weighted by atomic mass is 16.5. The molecule has 0 aliphatic carbocycles. The van der Waals surface area contributed by atoms with Crippen LogP contribution in [0.4, 0.5) is 0 Å². The Morgan fingerprint density at radius 3 is 2.73 bits per heavy atom. The van der Waals surface area contributed by atoms with Gasteiger partial charge in [0.1, 0.15) is 6.10 Å². The molecular formula is C10H19N3O2. The fourth-order valence-corrected chi connectivity index (χ4v) is 1.35. The first kappa shape index (κ1) is 12.1. The van der Waals surface area contributed by atoms with Gasteiger partial charge in [-0.25, -0.2) is 0 Å². The lowest BCUT2D eigenvalue weighted by Gasteiger charge is -2.16. The minimum absolute atomic E-state index is 0.0923. The van der Waals surface area contributed by atoms with Crippen LogP contribution in [0.2, 0.25) is 0 Å². The topological polar surface area (TPSA) is 74.2 Å². The minimum Gasteiger partial charge on any atom is -0.370 e. The SMILES string of the molecule is CCOC(c1noc(CCN)n1)C(C)C. The lowest BCUT2D eigenvalue weighted by Crippen LogP contribution is -2.13. The summed E-state index contributed by atoms with van der Waals surface area (Å²) >= 11 is 0. The quantitative estimate of drug-likeness (QED) is 0.771. The van der Waals surface area contributed by atoms with Crippen molar-refractivity contribution in [2.24, 2.45) is 11.7 Å². The van der Waals surface area contributed by atoms with Crippen LogP contribution >= 0.6 is 0 Å². The van der Waals surface area contributed by atoms with Gasteiger partial charge in [0.25, 0.3) is 0 Å². The van der Waals surface area contributed by atoms with E-state index in [4.69, 9.17) is 15.0 Å². The highest BCUT2D eigenvalue weighted by Gasteiger charge is 2.21. The number of hydrogen-bond acceptors (Lipinski definition) is 5. The Morgan fingerprint density at radius 2 is 2.20 bits per heavy atom. The second kappa shape index (κ2) is 5.82. The predicted molar refractivity (Wildman–Crippen MR) is 56.3 cm³/mol. The van der Waals surface area contributed by atoms with Crippen molar-refractivity contribution in [2.75, 3.05) is 13.2 Å². The fourth-order valence-electron chi connectivity index (χ4n) is 1.35. The molecule has 0 radical (unpaired) electrons. The highest BCUT2D eigenvalue weighted by molar-refractivity contribution is 4.93. The van der Waals surface area contributed by atoms with E-state index < -0.39 is 0 Å². The monoisotopic (exact) mass is 213 g/mol. The van der Waals surface area contributed by atoms with E-state index >= 15 is 0 Å². The van der Waals surface area contributed by atoms with Gasteiger partial charge >= 0.3 is 0 Å². The maximum Gasteiger partial charge on any atom is 0.228 e. The van der Waals surface area contributed by atoms with E-state index in [0.717, 1.165) is 0 Å². The molecule has 86 valence electrons. The summed E-state index contributed by atoms with van der Waals surface area (Å²) in [6, 6.07) is 0. The molecule has 0 saturated carbocycles. The summed E-state index contributed by atoms with van der Waals surface area (Å²) in [5.41, 5.74) is 5.41. The molecule has 5 nitrogen and oxygen atoms in total. The van der Waals surface area contributed by atoms with Crippen LogP contribution in [-0.2, 0) is 11.2 Å². The van der Waals surface area contributed by atoms with Gasteiger partial charge in [-0.15, -0.1) is 0 Å². The van der Waals surface area contributed by atoms with Gasteiger partial charge < -0.3 is 15.0 Å². The second-order valence-corrected chi connectivity index (χ2v) is 3.70. The molecule has 2 N–H and O–H groups in total. The van der Waals surface area contributed by atoms with Crippen molar-refractivity contribution in [1.29, 1.82) is 0 Å². The molecule has 0 bridgehead atoms. The van der Waals surface area contributed by atoms with E-state index in [1.165, 1.54) is 0 Å². The molecule has 5 heteroatoms. The zero-order chi connectivity index (χ0) is 11.3. The molecule has 0 spiro atoms. The van der Waals surface area contributed by atoms with Crippen LogP contribution < -0.4 is 5.73 Å². The van der Waals surface area contributed by atoms with Crippen LogP contribution in [-0.4, -0.2) is 23.3 Å². The van der Waals surface area contributed by atoms with Crippen molar-refractivity contribution in [1.82, 2.24) is 10.1 Å². The van der Waals surface area contributed by atoms with Gasteiger partial charge in [0, 0.05) is 19.6 Å². The molecule has 1 heterocycles. The number of hydrogen-bond donors (Lipinski definition) is 1. The summed E-state index contributed by atoms with van der Waals surface area (Å²) in [4.78, 5) is 4.26. The van der Waals surface area contributed by atoms with Crippen molar-refractivity contribution >= 4 is 0 Å². The van der Waals surface area contributed by atoms with Gasteiger partial charge in [-0.3, -0.25) is 0 Å². The fraction of sp³-hybridized carbons (Fsp3) is 0.800. The van der Waals surface area contributed by atoms with Crippen LogP contribution in [0.3, 0.4) is 0 Å². The Balaban J connectivity index is 2.72. The first-order valence-electron chi connectivity index (χ1n) is 5.33. The molecule has 0 saturated heterocycles. The number of aromatic nitrogens is 2. The van der Waals surface area contributed by atoms with E-state index in [2.05, 4.69) is 24.0 Å². The molecule has 1 rings (SSSR count).